The van der Waals surface area contributed by atoms with Crippen molar-refractivity contribution in [3.05, 3.63) is 70.8 Å². The van der Waals surface area contributed by atoms with Crippen LogP contribution in [0.3, 0.4) is 0 Å². The Balaban J connectivity index is 1.78. The molecule has 1 aromatic carbocycles. The van der Waals surface area contributed by atoms with Crippen molar-refractivity contribution in [2.75, 3.05) is 11.9 Å². The molecule has 0 radical (unpaired) electrons. The van der Waals surface area contributed by atoms with Crippen LogP contribution in [-0.2, 0) is 7.05 Å². The number of anilines is 1. The topological polar surface area (TPSA) is 86.1 Å². The van der Waals surface area contributed by atoms with Gasteiger partial charge in [0.1, 0.15) is 5.75 Å². The molecule has 0 saturated carbocycles. The lowest BCUT2D eigenvalue weighted by Crippen LogP contribution is -2.24. The Bertz CT molecular complexity index is 1030. The second-order valence-electron chi connectivity index (χ2n) is 6.57. The molecule has 0 amide bonds. The second kappa shape index (κ2) is 8.47. The minimum absolute atomic E-state index is 0.00517. The summed E-state index contributed by atoms with van der Waals surface area (Å²) in [5.41, 5.74) is 1.61. The van der Waals surface area contributed by atoms with Crippen LogP contribution in [0.15, 0.2) is 59.7 Å². The van der Waals surface area contributed by atoms with Gasteiger partial charge in [0.05, 0.1) is 18.3 Å². The van der Waals surface area contributed by atoms with Crippen LogP contribution in [0.25, 0.3) is 11.3 Å². The van der Waals surface area contributed by atoms with Crippen LogP contribution < -0.4 is 15.6 Å². The van der Waals surface area contributed by atoms with Gasteiger partial charge in [-0.2, -0.15) is 0 Å². The Morgan fingerprint density at radius 3 is 2.64 bits per heavy atom. The standard InChI is InChI=1S/C21H22N4O3/c1-14(2)28-17-6-4-5-16(11-17)19(26)13-23-21-24-18(12-20(27)25(21)3)15-7-9-22-10-8-15/h4-12,14H,13H2,1-3H3,(H,23,24). The zero-order valence-corrected chi connectivity index (χ0v) is 16.0. The molecule has 3 rings (SSSR count). The van der Waals surface area contributed by atoms with E-state index in [-0.39, 0.29) is 24.0 Å². The van der Waals surface area contributed by atoms with Crippen molar-refractivity contribution in [2.45, 2.75) is 20.0 Å². The number of carbonyl (C=O) groups excluding carboxylic acids is 1. The Hall–Kier alpha value is -3.48. The summed E-state index contributed by atoms with van der Waals surface area (Å²) in [6.45, 7) is 3.86. The molecule has 0 bridgehead atoms. The van der Waals surface area contributed by atoms with Crippen molar-refractivity contribution < 1.29 is 9.53 Å². The van der Waals surface area contributed by atoms with Gasteiger partial charge < -0.3 is 10.1 Å². The summed E-state index contributed by atoms with van der Waals surface area (Å²) in [6, 6.07) is 12.0. The van der Waals surface area contributed by atoms with Crippen LogP contribution in [-0.4, -0.2) is 33.0 Å². The summed E-state index contributed by atoms with van der Waals surface area (Å²) in [6.07, 6.45) is 3.30. The van der Waals surface area contributed by atoms with Crippen molar-refractivity contribution in [2.24, 2.45) is 7.05 Å². The van der Waals surface area contributed by atoms with Crippen LogP contribution >= 0.6 is 0 Å². The number of hydrogen-bond acceptors (Lipinski definition) is 6. The van der Waals surface area contributed by atoms with Crippen LogP contribution in [0.2, 0.25) is 0 Å². The first-order chi connectivity index (χ1) is 13.4. The minimum atomic E-state index is -0.218. The molecule has 0 spiro atoms. The van der Waals surface area contributed by atoms with Gasteiger partial charge in [-0.25, -0.2) is 4.98 Å². The largest absolute Gasteiger partial charge is 0.491 e. The maximum atomic E-state index is 12.6. The molecule has 0 aliphatic carbocycles. The van der Waals surface area contributed by atoms with E-state index in [0.29, 0.717) is 23.0 Å². The lowest BCUT2D eigenvalue weighted by atomic mass is 10.1. The van der Waals surface area contributed by atoms with Gasteiger partial charge in [-0.15, -0.1) is 0 Å². The van der Waals surface area contributed by atoms with E-state index < -0.39 is 0 Å². The number of pyridine rings is 1. The van der Waals surface area contributed by atoms with Crippen molar-refractivity contribution in [3.8, 4) is 17.0 Å². The summed E-state index contributed by atoms with van der Waals surface area (Å²) in [5, 5.41) is 2.97. The average molecular weight is 378 g/mol. The van der Waals surface area contributed by atoms with Gasteiger partial charge >= 0.3 is 0 Å². The third-order valence-electron chi connectivity index (χ3n) is 4.05. The number of ketones is 1. The molecule has 7 nitrogen and oxygen atoms in total. The van der Waals surface area contributed by atoms with Crippen molar-refractivity contribution >= 4 is 11.7 Å². The van der Waals surface area contributed by atoms with Crippen molar-refractivity contribution in [1.29, 1.82) is 0 Å². The normalized spacial score (nSPS) is 10.7. The molecule has 2 heterocycles. The third-order valence-corrected chi connectivity index (χ3v) is 4.05. The molecule has 0 aliphatic rings. The summed E-state index contributed by atoms with van der Waals surface area (Å²) in [7, 11) is 1.61. The third kappa shape index (κ3) is 4.62. The van der Waals surface area contributed by atoms with Crippen molar-refractivity contribution in [1.82, 2.24) is 14.5 Å². The van der Waals surface area contributed by atoms with Gasteiger partial charge in [-0.1, -0.05) is 12.1 Å². The van der Waals surface area contributed by atoms with E-state index in [0.717, 1.165) is 5.56 Å². The number of nitrogens with zero attached hydrogens (tertiary/aromatic N) is 3. The fraction of sp³-hybridized carbons (Fsp3) is 0.238. The van der Waals surface area contributed by atoms with Gasteiger partial charge in [0.25, 0.3) is 5.56 Å². The summed E-state index contributed by atoms with van der Waals surface area (Å²) in [5.74, 6) is 0.839. The molecule has 0 aliphatic heterocycles. The van der Waals surface area contributed by atoms with E-state index in [9.17, 15) is 9.59 Å². The lowest BCUT2D eigenvalue weighted by Gasteiger charge is -2.12. The Morgan fingerprint density at radius 1 is 1.18 bits per heavy atom. The second-order valence-corrected chi connectivity index (χ2v) is 6.57. The van der Waals surface area contributed by atoms with E-state index in [1.807, 2.05) is 19.9 Å². The fourth-order valence-electron chi connectivity index (χ4n) is 2.64. The zero-order valence-electron chi connectivity index (χ0n) is 16.0. The first-order valence-electron chi connectivity index (χ1n) is 8.96. The first kappa shape index (κ1) is 19.3. The molecule has 0 saturated heterocycles. The smallest absolute Gasteiger partial charge is 0.255 e. The van der Waals surface area contributed by atoms with Gasteiger partial charge in [-0.3, -0.25) is 19.1 Å². The van der Waals surface area contributed by atoms with Crippen molar-refractivity contribution in [3.63, 3.8) is 0 Å². The predicted octanol–water partition coefficient (Wildman–Crippen LogP) is 2.92. The van der Waals surface area contributed by atoms with Gasteiger partial charge in [0.2, 0.25) is 5.95 Å². The number of aromatic nitrogens is 3. The molecular weight excluding hydrogens is 356 g/mol. The highest BCUT2D eigenvalue weighted by Crippen LogP contribution is 2.17. The number of Topliss-reactive ketones (excluding diaryl/α,β-unsaturated/α-hetero) is 1. The maximum absolute atomic E-state index is 12.6. The van der Waals surface area contributed by atoms with Gasteiger partial charge in [-0.05, 0) is 38.1 Å². The number of nitrogens with one attached hydrogen (secondary N) is 1. The Morgan fingerprint density at radius 2 is 1.93 bits per heavy atom. The summed E-state index contributed by atoms with van der Waals surface area (Å²) < 4.78 is 7.00. The first-order valence-corrected chi connectivity index (χ1v) is 8.96. The highest BCUT2D eigenvalue weighted by Gasteiger charge is 2.11. The number of benzene rings is 1. The SMILES string of the molecule is CC(C)Oc1cccc(C(=O)CNc2nc(-c3ccncc3)cc(=O)n2C)c1. The van der Waals surface area contributed by atoms with Crippen LogP contribution in [0.1, 0.15) is 24.2 Å². The quantitative estimate of drug-likeness (QED) is 0.636. The highest BCUT2D eigenvalue weighted by molar-refractivity contribution is 5.99. The van der Waals surface area contributed by atoms with E-state index >= 15 is 0 Å². The van der Waals surface area contributed by atoms with E-state index in [4.69, 9.17) is 4.74 Å². The van der Waals surface area contributed by atoms with E-state index in [2.05, 4.69) is 15.3 Å². The zero-order chi connectivity index (χ0) is 20.1. The summed E-state index contributed by atoms with van der Waals surface area (Å²) >= 11 is 0. The number of ether oxygens (including phenoxy) is 1. The fourth-order valence-corrected chi connectivity index (χ4v) is 2.64. The van der Waals surface area contributed by atoms with Crippen LogP contribution in [0.5, 0.6) is 5.75 Å². The van der Waals surface area contributed by atoms with Crippen LogP contribution in [0.4, 0.5) is 5.95 Å². The number of hydrogen-bond donors (Lipinski definition) is 1. The maximum Gasteiger partial charge on any atom is 0.255 e. The summed E-state index contributed by atoms with van der Waals surface area (Å²) in [4.78, 5) is 33.3. The Kier molecular flexibility index (Phi) is 5.84. The molecule has 0 atom stereocenters. The van der Waals surface area contributed by atoms with E-state index in [1.54, 1.807) is 49.8 Å². The Labute approximate surface area is 163 Å². The average Bonchev–Trinajstić information content (AvgIpc) is 2.69. The molecule has 1 N–H and O–H groups in total. The molecule has 7 heteroatoms. The highest BCUT2D eigenvalue weighted by atomic mass is 16.5. The molecule has 2 aromatic heterocycles. The van der Waals surface area contributed by atoms with Gasteiger partial charge in [0, 0.05) is 36.6 Å². The van der Waals surface area contributed by atoms with E-state index in [1.165, 1.54) is 10.6 Å². The molecular formula is C21H22N4O3. The van der Waals surface area contributed by atoms with Gasteiger partial charge in [0.15, 0.2) is 5.78 Å². The molecule has 0 unspecified atom stereocenters. The number of rotatable bonds is 7. The predicted molar refractivity (Wildman–Crippen MR) is 108 cm³/mol. The monoisotopic (exact) mass is 378 g/mol. The number of carbonyl (C=O) groups is 1. The molecule has 3 aromatic rings. The molecule has 144 valence electrons. The van der Waals surface area contributed by atoms with Crippen LogP contribution in [0, 0.1) is 0 Å². The minimum Gasteiger partial charge on any atom is -0.491 e. The lowest BCUT2D eigenvalue weighted by molar-refractivity contribution is 0.100. The molecule has 0 fully saturated rings. The molecule has 28 heavy (non-hydrogen) atoms.